The minimum atomic E-state index is 0.279. The van der Waals surface area contributed by atoms with E-state index in [9.17, 15) is 0 Å². The van der Waals surface area contributed by atoms with Crippen LogP contribution in [0.1, 0.15) is 26.7 Å². The van der Waals surface area contributed by atoms with E-state index in [1.54, 1.807) is 0 Å². The number of ether oxygens (including phenoxy) is 1. The Morgan fingerprint density at radius 3 is 2.88 bits per heavy atom. The highest BCUT2D eigenvalue weighted by molar-refractivity contribution is 14.1. The van der Waals surface area contributed by atoms with Crippen molar-refractivity contribution in [3.8, 4) is 5.75 Å². The first-order valence-electron chi connectivity index (χ1n) is 5.62. The molecule has 0 heterocycles. The van der Waals surface area contributed by atoms with E-state index < -0.39 is 0 Å². The Bertz CT molecular complexity index is 382. The van der Waals surface area contributed by atoms with Crippen molar-refractivity contribution in [2.24, 2.45) is 5.41 Å². The van der Waals surface area contributed by atoms with Crippen LogP contribution in [0, 0.1) is 8.99 Å². The van der Waals surface area contributed by atoms with Gasteiger partial charge in [0.05, 0.1) is 0 Å². The molecule has 0 spiro atoms. The molecule has 3 unspecified atom stereocenters. The molecule has 1 aromatic rings. The van der Waals surface area contributed by atoms with Crippen LogP contribution in [-0.2, 0) is 0 Å². The van der Waals surface area contributed by atoms with Gasteiger partial charge in [-0.05, 0) is 53.6 Å². The zero-order chi connectivity index (χ0) is 11.8. The van der Waals surface area contributed by atoms with Gasteiger partial charge in [0.15, 0.2) is 0 Å². The van der Waals surface area contributed by atoms with Crippen molar-refractivity contribution in [1.82, 2.24) is 0 Å². The first kappa shape index (κ1) is 12.7. The molecule has 0 saturated heterocycles. The van der Waals surface area contributed by atoms with Crippen molar-refractivity contribution in [1.29, 1.82) is 0 Å². The van der Waals surface area contributed by atoms with Gasteiger partial charge in [0.1, 0.15) is 11.9 Å². The van der Waals surface area contributed by atoms with Crippen molar-refractivity contribution in [3.63, 3.8) is 0 Å². The van der Waals surface area contributed by atoms with Gasteiger partial charge in [-0.25, -0.2) is 0 Å². The minimum Gasteiger partial charge on any atom is -0.490 e. The van der Waals surface area contributed by atoms with E-state index in [4.69, 9.17) is 4.74 Å². The zero-order valence-corrected chi connectivity index (χ0v) is 13.3. The highest BCUT2D eigenvalue weighted by atomic mass is 127. The number of hydrogen-bond acceptors (Lipinski definition) is 1. The summed E-state index contributed by atoms with van der Waals surface area (Å²) in [6.45, 7) is 4.53. The molecule has 0 amide bonds. The van der Waals surface area contributed by atoms with Crippen LogP contribution >= 0.6 is 38.5 Å². The fourth-order valence-electron chi connectivity index (χ4n) is 2.10. The summed E-state index contributed by atoms with van der Waals surface area (Å²) in [5, 5.41) is 0. The topological polar surface area (TPSA) is 9.23 Å². The lowest BCUT2D eigenvalue weighted by Gasteiger charge is -2.50. The van der Waals surface area contributed by atoms with Gasteiger partial charge in [0, 0.05) is 13.8 Å². The summed E-state index contributed by atoms with van der Waals surface area (Å²) in [4.78, 5) is 0.595. The summed E-state index contributed by atoms with van der Waals surface area (Å²) in [5.74, 6) is 0.996. The third-order valence-corrected chi connectivity index (χ3v) is 5.80. The average Bonchev–Trinajstić information content (AvgIpc) is 2.27. The number of halogens is 2. The molecule has 1 saturated carbocycles. The van der Waals surface area contributed by atoms with Crippen LogP contribution in [0.2, 0.25) is 0 Å². The van der Waals surface area contributed by atoms with Crippen molar-refractivity contribution in [3.05, 3.63) is 27.8 Å². The SMILES string of the molecule is CCC1(C)C(Br)CC1Oc1cccc(I)c1. The lowest BCUT2D eigenvalue weighted by Crippen LogP contribution is -2.54. The van der Waals surface area contributed by atoms with E-state index in [-0.39, 0.29) is 5.41 Å². The standard InChI is InChI=1S/C13H16BrIO/c1-3-13(2)11(14)8-12(13)16-10-6-4-5-9(15)7-10/h4-7,11-12H,3,8H2,1-2H3. The predicted molar refractivity (Wildman–Crippen MR) is 79.3 cm³/mol. The molecule has 0 aromatic heterocycles. The third-order valence-electron chi connectivity index (χ3n) is 3.71. The number of hydrogen-bond donors (Lipinski definition) is 0. The largest absolute Gasteiger partial charge is 0.490 e. The van der Waals surface area contributed by atoms with Crippen molar-refractivity contribution in [2.75, 3.05) is 0 Å². The Morgan fingerprint density at radius 2 is 2.31 bits per heavy atom. The van der Waals surface area contributed by atoms with Crippen molar-refractivity contribution in [2.45, 2.75) is 37.6 Å². The predicted octanol–water partition coefficient (Wildman–Crippen LogP) is 4.62. The van der Waals surface area contributed by atoms with Crippen LogP contribution in [-0.4, -0.2) is 10.9 Å². The van der Waals surface area contributed by atoms with Gasteiger partial charge in [-0.15, -0.1) is 0 Å². The molecule has 16 heavy (non-hydrogen) atoms. The lowest BCUT2D eigenvalue weighted by atomic mass is 9.65. The van der Waals surface area contributed by atoms with Gasteiger partial charge in [-0.3, -0.25) is 0 Å². The molecule has 0 aliphatic heterocycles. The van der Waals surface area contributed by atoms with Gasteiger partial charge in [0.25, 0.3) is 0 Å². The summed E-state index contributed by atoms with van der Waals surface area (Å²) < 4.78 is 7.30. The highest BCUT2D eigenvalue weighted by Crippen LogP contribution is 2.50. The smallest absolute Gasteiger partial charge is 0.120 e. The second kappa shape index (κ2) is 4.84. The van der Waals surface area contributed by atoms with E-state index in [1.807, 2.05) is 12.1 Å². The monoisotopic (exact) mass is 394 g/mol. The van der Waals surface area contributed by atoms with Crippen LogP contribution in [0.25, 0.3) is 0 Å². The first-order valence-corrected chi connectivity index (χ1v) is 7.62. The maximum atomic E-state index is 6.07. The van der Waals surface area contributed by atoms with E-state index in [1.165, 1.54) is 3.57 Å². The molecule has 1 aliphatic carbocycles. The molecule has 3 atom stereocenters. The zero-order valence-electron chi connectivity index (χ0n) is 9.54. The van der Waals surface area contributed by atoms with E-state index in [2.05, 4.69) is 64.5 Å². The number of rotatable bonds is 3. The second-order valence-corrected chi connectivity index (χ2v) is 6.98. The number of benzene rings is 1. The molecule has 1 aliphatic rings. The Labute approximate surface area is 119 Å². The first-order chi connectivity index (χ1) is 7.56. The Balaban J connectivity index is 2.06. The summed E-state index contributed by atoms with van der Waals surface area (Å²) in [5.41, 5.74) is 0.279. The molecule has 1 nitrogen and oxygen atoms in total. The van der Waals surface area contributed by atoms with Crippen LogP contribution in [0.5, 0.6) is 5.75 Å². The Kier molecular flexibility index (Phi) is 3.84. The summed E-state index contributed by atoms with van der Waals surface area (Å²) in [6.07, 6.45) is 2.60. The second-order valence-electron chi connectivity index (χ2n) is 4.63. The molecule has 0 radical (unpaired) electrons. The van der Waals surface area contributed by atoms with Gasteiger partial charge >= 0.3 is 0 Å². The molecule has 1 aromatic carbocycles. The van der Waals surface area contributed by atoms with Crippen LogP contribution < -0.4 is 4.74 Å². The summed E-state index contributed by atoms with van der Waals surface area (Å²) >= 11 is 6.04. The summed E-state index contributed by atoms with van der Waals surface area (Å²) in [6, 6.07) is 8.27. The van der Waals surface area contributed by atoms with Gasteiger partial charge < -0.3 is 4.74 Å². The molecule has 88 valence electrons. The third kappa shape index (κ3) is 2.26. The van der Waals surface area contributed by atoms with Crippen LogP contribution in [0.3, 0.4) is 0 Å². The molecule has 3 heteroatoms. The minimum absolute atomic E-state index is 0.279. The Hall–Kier alpha value is 0.230. The molecule has 0 bridgehead atoms. The Morgan fingerprint density at radius 1 is 1.56 bits per heavy atom. The van der Waals surface area contributed by atoms with Crippen molar-refractivity contribution >= 4 is 38.5 Å². The van der Waals surface area contributed by atoms with E-state index in [0.717, 1.165) is 18.6 Å². The number of alkyl halides is 1. The summed E-state index contributed by atoms with van der Waals surface area (Å²) in [7, 11) is 0. The fourth-order valence-corrected chi connectivity index (χ4v) is 3.58. The molecule has 1 fully saturated rings. The maximum Gasteiger partial charge on any atom is 0.120 e. The van der Waals surface area contributed by atoms with Crippen LogP contribution in [0.4, 0.5) is 0 Å². The normalized spacial score (nSPS) is 33.2. The lowest BCUT2D eigenvalue weighted by molar-refractivity contribution is -0.0243. The van der Waals surface area contributed by atoms with Gasteiger partial charge in [-0.1, -0.05) is 35.8 Å². The molecular weight excluding hydrogens is 379 g/mol. The van der Waals surface area contributed by atoms with E-state index >= 15 is 0 Å². The van der Waals surface area contributed by atoms with Gasteiger partial charge in [-0.2, -0.15) is 0 Å². The van der Waals surface area contributed by atoms with E-state index in [0.29, 0.717) is 10.9 Å². The fraction of sp³-hybridized carbons (Fsp3) is 0.538. The average molecular weight is 395 g/mol. The molecule has 2 rings (SSSR count). The maximum absolute atomic E-state index is 6.07. The molecule has 0 N–H and O–H groups in total. The van der Waals surface area contributed by atoms with Crippen molar-refractivity contribution < 1.29 is 4.74 Å². The van der Waals surface area contributed by atoms with Gasteiger partial charge in [0.2, 0.25) is 0 Å². The molecular formula is C13H16BrIO. The quantitative estimate of drug-likeness (QED) is 0.536. The highest BCUT2D eigenvalue weighted by Gasteiger charge is 2.50. The van der Waals surface area contributed by atoms with Crippen LogP contribution in [0.15, 0.2) is 24.3 Å².